The molecule has 0 saturated carbocycles. The second-order valence-electron chi connectivity index (χ2n) is 5.70. The Morgan fingerprint density at radius 3 is 2.65 bits per heavy atom. The monoisotopic (exact) mass is 334 g/mol. The summed E-state index contributed by atoms with van der Waals surface area (Å²) in [6.07, 6.45) is 3.71. The number of anilines is 1. The van der Waals surface area contributed by atoms with Crippen molar-refractivity contribution in [3.8, 4) is 17.1 Å². The minimum absolute atomic E-state index is 0.124. The number of aromatic hydroxyl groups is 1. The number of hydrogen-bond donors (Lipinski definition) is 2. The van der Waals surface area contributed by atoms with Crippen LogP contribution in [0.25, 0.3) is 11.4 Å². The van der Waals surface area contributed by atoms with Crippen LogP contribution >= 0.6 is 0 Å². The minimum atomic E-state index is -3.57. The van der Waals surface area contributed by atoms with Gasteiger partial charge in [0, 0.05) is 18.7 Å². The van der Waals surface area contributed by atoms with Crippen LogP contribution in [0.5, 0.6) is 5.75 Å². The van der Waals surface area contributed by atoms with E-state index in [1.807, 2.05) is 6.92 Å². The van der Waals surface area contributed by atoms with Gasteiger partial charge in [-0.05, 0) is 24.5 Å². The topological polar surface area (TPSA) is 95.4 Å². The van der Waals surface area contributed by atoms with Crippen LogP contribution in [0, 0.1) is 5.92 Å². The Bertz CT molecular complexity index is 793. The summed E-state index contributed by atoms with van der Waals surface area (Å²) in [5.74, 6) is 0.911. The molecule has 1 aromatic heterocycles. The fourth-order valence-corrected chi connectivity index (χ4v) is 3.83. The van der Waals surface area contributed by atoms with Gasteiger partial charge in [0.2, 0.25) is 0 Å². The van der Waals surface area contributed by atoms with Crippen molar-refractivity contribution in [3.05, 3.63) is 36.7 Å². The highest BCUT2D eigenvalue weighted by Crippen LogP contribution is 2.22. The number of phenols is 1. The third kappa shape index (κ3) is 3.59. The molecule has 2 heterocycles. The molecule has 0 bridgehead atoms. The van der Waals surface area contributed by atoms with Gasteiger partial charge in [0.15, 0.2) is 5.82 Å². The van der Waals surface area contributed by atoms with Crippen LogP contribution in [0.1, 0.15) is 13.3 Å². The van der Waals surface area contributed by atoms with Crippen LogP contribution in [0.15, 0.2) is 36.7 Å². The molecule has 1 saturated heterocycles. The molecule has 1 fully saturated rings. The van der Waals surface area contributed by atoms with E-state index < -0.39 is 10.2 Å². The minimum Gasteiger partial charge on any atom is -0.508 e. The quantitative estimate of drug-likeness (QED) is 0.889. The van der Waals surface area contributed by atoms with Gasteiger partial charge in [0.1, 0.15) is 5.75 Å². The molecular formula is C15H18N4O3S. The van der Waals surface area contributed by atoms with Crippen molar-refractivity contribution in [3.63, 3.8) is 0 Å². The van der Waals surface area contributed by atoms with Gasteiger partial charge in [-0.15, -0.1) is 0 Å². The van der Waals surface area contributed by atoms with E-state index in [9.17, 15) is 13.5 Å². The molecule has 1 atom stereocenters. The summed E-state index contributed by atoms with van der Waals surface area (Å²) in [6, 6.07) is 6.57. The molecule has 23 heavy (non-hydrogen) atoms. The molecular weight excluding hydrogens is 316 g/mol. The second-order valence-corrected chi connectivity index (χ2v) is 7.38. The number of phenolic OH excluding ortho intramolecular Hbond substituents is 1. The van der Waals surface area contributed by atoms with Crippen LogP contribution in [0.2, 0.25) is 0 Å². The predicted molar refractivity (Wildman–Crippen MR) is 87.0 cm³/mol. The molecule has 7 nitrogen and oxygen atoms in total. The summed E-state index contributed by atoms with van der Waals surface area (Å²) in [5, 5.41) is 9.47. The van der Waals surface area contributed by atoms with Crippen molar-refractivity contribution in [2.24, 2.45) is 5.92 Å². The van der Waals surface area contributed by atoms with Gasteiger partial charge < -0.3 is 5.11 Å². The summed E-state index contributed by atoms with van der Waals surface area (Å²) in [4.78, 5) is 8.30. The Kier molecular flexibility index (Phi) is 4.18. The fourth-order valence-electron chi connectivity index (χ4n) is 2.50. The molecule has 3 rings (SSSR count). The number of rotatable bonds is 4. The second kappa shape index (κ2) is 6.13. The van der Waals surface area contributed by atoms with Gasteiger partial charge in [-0.25, -0.2) is 9.97 Å². The molecule has 8 heteroatoms. The van der Waals surface area contributed by atoms with Gasteiger partial charge in [0.25, 0.3) is 0 Å². The maximum atomic E-state index is 12.3. The van der Waals surface area contributed by atoms with E-state index in [4.69, 9.17) is 0 Å². The van der Waals surface area contributed by atoms with Crippen LogP contribution in [0.3, 0.4) is 0 Å². The smallest absolute Gasteiger partial charge is 0.301 e. The van der Waals surface area contributed by atoms with Gasteiger partial charge in [-0.2, -0.15) is 12.7 Å². The van der Waals surface area contributed by atoms with E-state index in [1.54, 1.807) is 24.3 Å². The van der Waals surface area contributed by atoms with E-state index in [0.29, 0.717) is 36.1 Å². The number of benzene rings is 1. The lowest BCUT2D eigenvalue weighted by molar-refractivity contribution is 0.469. The first-order chi connectivity index (χ1) is 10.9. The summed E-state index contributed by atoms with van der Waals surface area (Å²) in [7, 11) is -3.57. The lowest BCUT2D eigenvalue weighted by Crippen LogP contribution is -2.34. The summed E-state index contributed by atoms with van der Waals surface area (Å²) < 4.78 is 28.5. The Labute approximate surface area is 135 Å². The fraction of sp³-hybridized carbons (Fsp3) is 0.333. The highest BCUT2D eigenvalue weighted by Gasteiger charge is 2.29. The Morgan fingerprint density at radius 2 is 2.04 bits per heavy atom. The summed E-state index contributed by atoms with van der Waals surface area (Å²) in [6.45, 7) is 3.08. The van der Waals surface area contributed by atoms with Crippen molar-refractivity contribution < 1.29 is 13.5 Å². The number of nitrogens with zero attached hydrogens (tertiary/aromatic N) is 3. The maximum Gasteiger partial charge on any atom is 0.301 e. The van der Waals surface area contributed by atoms with Gasteiger partial charge in [-0.3, -0.25) is 4.72 Å². The van der Waals surface area contributed by atoms with Crippen LogP contribution in [-0.4, -0.2) is 40.9 Å². The van der Waals surface area contributed by atoms with Crippen molar-refractivity contribution >= 4 is 15.9 Å². The van der Waals surface area contributed by atoms with Crippen LogP contribution in [0.4, 0.5) is 5.69 Å². The Balaban J connectivity index is 1.75. The van der Waals surface area contributed by atoms with Crippen molar-refractivity contribution in [2.75, 3.05) is 17.8 Å². The molecule has 1 unspecified atom stereocenters. The first kappa shape index (κ1) is 15.7. The SMILES string of the molecule is CC1CCN(S(=O)(=O)Nc2cnc(-c3cccc(O)c3)nc2)C1. The van der Waals surface area contributed by atoms with E-state index >= 15 is 0 Å². The largest absolute Gasteiger partial charge is 0.508 e. The lowest BCUT2D eigenvalue weighted by Gasteiger charge is -2.17. The van der Waals surface area contributed by atoms with Gasteiger partial charge >= 0.3 is 10.2 Å². The molecule has 122 valence electrons. The zero-order valence-electron chi connectivity index (χ0n) is 12.7. The predicted octanol–water partition coefficient (Wildman–Crippen LogP) is 1.85. The molecule has 0 amide bonds. The average molecular weight is 334 g/mol. The van der Waals surface area contributed by atoms with E-state index in [-0.39, 0.29) is 5.75 Å². The molecule has 1 aromatic carbocycles. The van der Waals surface area contributed by atoms with Crippen LogP contribution in [-0.2, 0) is 10.2 Å². The van der Waals surface area contributed by atoms with Crippen molar-refractivity contribution in [2.45, 2.75) is 13.3 Å². The maximum absolute atomic E-state index is 12.3. The highest BCUT2D eigenvalue weighted by atomic mass is 32.2. The molecule has 0 aliphatic carbocycles. The van der Waals surface area contributed by atoms with E-state index in [1.165, 1.54) is 16.7 Å². The molecule has 1 aliphatic rings. The molecule has 2 aromatic rings. The molecule has 1 aliphatic heterocycles. The zero-order chi connectivity index (χ0) is 16.4. The average Bonchev–Trinajstić information content (AvgIpc) is 2.95. The Morgan fingerprint density at radius 1 is 1.30 bits per heavy atom. The molecule has 0 spiro atoms. The third-order valence-electron chi connectivity index (χ3n) is 3.73. The van der Waals surface area contributed by atoms with E-state index in [0.717, 1.165) is 6.42 Å². The lowest BCUT2D eigenvalue weighted by atomic mass is 10.2. The first-order valence-corrected chi connectivity index (χ1v) is 8.77. The zero-order valence-corrected chi connectivity index (χ0v) is 13.5. The highest BCUT2D eigenvalue weighted by molar-refractivity contribution is 7.90. The summed E-state index contributed by atoms with van der Waals surface area (Å²) >= 11 is 0. The van der Waals surface area contributed by atoms with Crippen LogP contribution < -0.4 is 4.72 Å². The van der Waals surface area contributed by atoms with Gasteiger partial charge in [-0.1, -0.05) is 19.1 Å². The third-order valence-corrected chi connectivity index (χ3v) is 5.23. The summed E-state index contributed by atoms with van der Waals surface area (Å²) in [5.41, 5.74) is 0.973. The number of nitrogens with one attached hydrogen (secondary N) is 1. The molecule has 2 N–H and O–H groups in total. The van der Waals surface area contributed by atoms with Gasteiger partial charge in [0.05, 0.1) is 18.1 Å². The Hall–Kier alpha value is -2.19. The van der Waals surface area contributed by atoms with E-state index in [2.05, 4.69) is 14.7 Å². The van der Waals surface area contributed by atoms with Crippen molar-refractivity contribution in [1.29, 1.82) is 0 Å². The first-order valence-electron chi connectivity index (χ1n) is 7.33. The standard InChI is InChI=1S/C15H18N4O3S/c1-11-5-6-19(10-11)23(21,22)18-13-8-16-15(17-9-13)12-3-2-4-14(20)7-12/h2-4,7-9,11,18,20H,5-6,10H2,1H3. The number of aromatic nitrogens is 2. The van der Waals surface area contributed by atoms with Crippen molar-refractivity contribution in [1.82, 2.24) is 14.3 Å². The molecule has 0 radical (unpaired) electrons. The normalized spacial score (nSPS) is 18.9. The number of hydrogen-bond acceptors (Lipinski definition) is 5.